The summed E-state index contributed by atoms with van der Waals surface area (Å²) in [6.07, 6.45) is 0.430. The average molecular weight is 309 g/mol. The van der Waals surface area contributed by atoms with Gasteiger partial charge in [-0.05, 0) is 18.6 Å². The molecule has 1 fully saturated rings. The van der Waals surface area contributed by atoms with Crippen LogP contribution in [0.2, 0.25) is 5.02 Å². The van der Waals surface area contributed by atoms with E-state index in [1.54, 1.807) is 6.92 Å². The van der Waals surface area contributed by atoms with E-state index in [0.717, 1.165) is 16.4 Å². The topological polar surface area (TPSA) is 83.6 Å². The van der Waals surface area contributed by atoms with Gasteiger partial charge in [-0.15, -0.1) is 0 Å². The highest BCUT2D eigenvalue weighted by Gasteiger charge is 2.46. The van der Waals surface area contributed by atoms with Crippen LogP contribution in [0.25, 0.3) is 0 Å². The lowest BCUT2D eigenvalue weighted by atomic mass is 9.94. The van der Waals surface area contributed by atoms with E-state index >= 15 is 0 Å². The minimum Gasteiger partial charge on any atom is -0.396 e. The number of β-amino-alcohol motifs (C(OH)–C–C–N with tert-alkyl or cyclic N) is 1. The molecule has 0 atom stereocenters. The third-order valence-corrected chi connectivity index (χ3v) is 5.26. The highest BCUT2D eigenvalue weighted by atomic mass is 35.5. The molecule has 8 heteroatoms. The molecular weight excluding hydrogens is 295 g/mol. The van der Waals surface area contributed by atoms with E-state index in [-0.39, 0.29) is 23.8 Å². The largest absolute Gasteiger partial charge is 0.396 e. The summed E-state index contributed by atoms with van der Waals surface area (Å²) in [4.78, 5) is -0.560. The molecule has 1 aliphatic rings. The fraction of sp³-hybridized carbons (Fsp3) is 0.455. The van der Waals surface area contributed by atoms with Gasteiger partial charge in [0.25, 0.3) is 0 Å². The van der Waals surface area contributed by atoms with E-state index in [9.17, 15) is 17.9 Å². The summed E-state index contributed by atoms with van der Waals surface area (Å²) >= 11 is 5.70. The molecule has 1 aromatic rings. The average Bonchev–Trinajstić information content (AvgIpc) is 2.29. The number of sulfonamides is 1. The molecule has 1 saturated heterocycles. The van der Waals surface area contributed by atoms with Gasteiger partial charge in [0.15, 0.2) is 5.82 Å². The van der Waals surface area contributed by atoms with Gasteiger partial charge in [-0.3, -0.25) is 0 Å². The van der Waals surface area contributed by atoms with E-state index in [2.05, 4.69) is 0 Å². The quantitative estimate of drug-likeness (QED) is 0.822. The van der Waals surface area contributed by atoms with Crippen molar-refractivity contribution in [2.75, 3.05) is 18.8 Å². The Hall–Kier alpha value is -0.890. The SMILES string of the molecule is CCC1(O)CN(S(=O)(=O)c2cc(Cl)cc(N)c2F)C1. The predicted molar refractivity (Wildman–Crippen MR) is 69.8 cm³/mol. The molecule has 1 aromatic carbocycles. The van der Waals surface area contributed by atoms with Crippen molar-refractivity contribution >= 4 is 27.3 Å². The third kappa shape index (κ3) is 2.43. The minimum atomic E-state index is -4.03. The molecule has 1 aliphatic heterocycles. The van der Waals surface area contributed by atoms with E-state index in [1.807, 2.05) is 0 Å². The first-order valence-corrected chi connectivity index (χ1v) is 7.48. The molecule has 5 nitrogen and oxygen atoms in total. The van der Waals surface area contributed by atoms with Crippen LogP contribution in [-0.2, 0) is 10.0 Å². The van der Waals surface area contributed by atoms with Crippen LogP contribution in [0.1, 0.15) is 13.3 Å². The van der Waals surface area contributed by atoms with E-state index in [4.69, 9.17) is 17.3 Å². The molecule has 0 saturated carbocycles. The van der Waals surface area contributed by atoms with Crippen molar-refractivity contribution in [3.05, 3.63) is 23.0 Å². The zero-order valence-corrected chi connectivity index (χ0v) is 11.8. The van der Waals surface area contributed by atoms with Crippen LogP contribution < -0.4 is 5.73 Å². The molecule has 2 rings (SSSR count). The summed E-state index contributed by atoms with van der Waals surface area (Å²) in [5, 5.41) is 9.87. The van der Waals surface area contributed by atoms with Crippen LogP contribution in [0.15, 0.2) is 17.0 Å². The normalized spacial score (nSPS) is 19.2. The Bertz CT molecular complexity index is 615. The monoisotopic (exact) mass is 308 g/mol. The lowest BCUT2D eigenvalue weighted by Crippen LogP contribution is -2.62. The van der Waals surface area contributed by atoms with E-state index < -0.39 is 26.3 Å². The molecule has 0 spiro atoms. The highest BCUT2D eigenvalue weighted by molar-refractivity contribution is 7.89. The number of hydrogen-bond acceptors (Lipinski definition) is 4. The summed E-state index contributed by atoms with van der Waals surface area (Å²) in [6.45, 7) is 1.64. The highest BCUT2D eigenvalue weighted by Crippen LogP contribution is 2.33. The number of anilines is 1. The maximum atomic E-state index is 13.8. The van der Waals surface area contributed by atoms with Gasteiger partial charge < -0.3 is 10.8 Å². The fourth-order valence-corrected chi connectivity index (χ4v) is 3.93. The molecule has 0 unspecified atom stereocenters. The number of nitrogens with two attached hydrogens (primary N) is 1. The maximum absolute atomic E-state index is 13.8. The maximum Gasteiger partial charge on any atom is 0.246 e. The lowest BCUT2D eigenvalue weighted by Gasteiger charge is -2.44. The van der Waals surface area contributed by atoms with Crippen LogP contribution in [0.5, 0.6) is 0 Å². The van der Waals surface area contributed by atoms with Gasteiger partial charge in [0, 0.05) is 18.1 Å². The van der Waals surface area contributed by atoms with Crippen molar-refractivity contribution in [2.24, 2.45) is 0 Å². The number of hydrogen-bond donors (Lipinski definition) is 2. The molecule has 0 radical (unpaired) electrons. The van der Waals surface area contributed by atoms with Crippen LogP contribution in [0.4, 0.5) is 10.1 Å². The van der Waals surface area contributed by atoms with E-state index in [1.165, 1.54) is 0 Å². The van der Waals surface area contributed by atoms with Crippen molar-refractivity contribution in [2.45, 2.75) is 23.8 Å². The van der Waals surface area contributed by atoms with Crippen molar-refractivity contribution in [3.8, 4) is 0 Å². The van der Waals surface area contributed by atoms with Crippen LogP contribution in [0, 0.1) is 5.82 Å². The lowest BCUT2D eigenvalue weighted by molar-refractivity contribution is -0.0614. The van der Waals surface area contributed by atoms with E-state index in [0.29, 0.717) is 6.42 Å². The molecule has 1 heterocycles. The molecular formula is C11H14ClFN2O3S. The second-order valence-electron chi connectivity index (χ2n) is 4.66. The second kappa shape index (κ2) is 4.59. The van der Waals surface area contributed by atoms with Crippen molar-refractivity contribution in [1.82, 2.24) is 4.31 Å². The molecule has 0 aromatic heterocycles. The van der Waals surface area contributed by atoms with Gasteiger partial charge in [-0.25, -0.2) is 12.8 Å². The number of nitrogens with zero attached hydrogens (tertiary/aromatic N) is 1. The van der Waals surface area contributed by atoms with Crippen LogP contribution in [0.3, 0.4) is 0 Å². The van der Waals surface area contributed by atoms with Gasteiger partial charge >= 0.3 is 0 Å². The molecule has 0 aliphatic carbocycles. The first kappa shape index (κ1) is 14.5. The summed E-state index contributed by atoms with van der Waals surface area (Å²) in [6, 6.07) is 2.17. The Kier molecular flexibility index (Phi) is 3.51. The van der Waals surface area contributed by atoms with Crippen LogP contribution in [-0.4, -0.2) is 36.5 Å². The molecule has 19 heavy (non-hydrogen) atoms. The van der Waals surface area contributed by atoms with Crippen molar-refractivity contribution < 1.29 is 17.9 Å². The summed E-state index contributed by atoms with van der Waals surface area (Å²) < 4.78 is 39.2. The summed E-state index contributed by atoms with van der Waals surface area (Å²) in [7, 11) is -4.03. The first-order valence-electron chi connectivity index (χ1n) is 5.67. The van der Waals surface area contributed by atoms with Gasteiger partial charge in [-0.2, -0.15) is 4.31 Å². The van der Waals surface area contributed by atoms with Crippen molar-refractivity contribution in [1.29, 1.82) is 0 Å². The number of halogens is 2. The zero-order valence-electron chi connectivity index (χ0n) is 10.2. The zero-order chi connectivity index (χ0) is 14.4. The third-order valence-electron chi connectivity index (χ3n) is 3.25. The predicted octanol–water partition coefficient (Wildman–Crippen LogP) is 1.21. The summed E-state index contributed by atoms with van der Waals surface area (Å²) in [5.74, 6) is -1.02. The van der Waals surface area contributed by atoms with Gasteiger partial charge in [0.05, 0.1) is 11.3 Å². The molecule has 0 bridgehead atoms. The molecule has 3 N–H and O–H groups in total. The number of benzene rings is 1. The Morgan fingerprint density at radius 3 is 2.63 bits per heavy atom. The minimum absolute atomic E-state index is 0.0451. The van der Waals surface area contributed by atoms with Gasteiger partial charge in [0.2, 0.25) is 10.0 Å². The fourth-order valence-electron chi connectivity index (χ4n) is 1.92. The Morgan fingerprint density at radius 2 is 2.11 bits per heavy atom. The van der Waals surface area contributed by atoms with Gasteiger partial charge in [0.1, 0.15) is 4.90 Å². The number of rotatable bonds is 3. The van der Waals surface area contributed by atoms with Gasteiger partial charge in [-0.1, -0.05) is 18.5 Å². The first-order chi connectivity index (χ1) is 8.69. The smallest absolute Gasteiger partial charge is 0.246 e. The summed E-state index contributed by atoms with van der Waals surface area (Å²) in [5.41, 5.74) is 4.01. The number of nitrogen functional groups attached to an aromatic ring is 1. The molecule has 0 amide bonds. The van der Waals surface area contributed by atoms with Crippen molar-refractivity contribution in [3.63, 3.8) is 0 Å². The molecule has 106 valence electrons. The number of aliphatic hydroxyl groups is 1. The second-order valence-corrected chi connectivity index (χ2v) is 7.00. The van der Waals surface area contributed by atoms with Crippen LogP contribution >= 0.6 is 11.6 Å². The Labute approximate surface area is 115 Å². The Balaban J connectivity index is 2.37. The Morgan fingerprint density at radius 1 is 1.53 bits per heavy atom. The standard InChI is InChI=1S/C11H14ClFN2O3S/c1-2-11(16)5-15(6-11)19(17,18)9-4-7(12)3-8(14)10(9)13/h3-4,16H,2,5-6,14H2,1H3.